The summed E-state index contributed by atoms with van der Waals surface area (Å²) in [5.41, 5.74) is 4.09. The molecular formula is C26H35ClN6O2. The fourth-order valence-corrected chi connectivity index (χ4v) is 5.57. The average molecular weight is 499 g/mol. The molecule has 1 aliphatic rings. The van der Waals surface area contributed by atoms with Crippen LogP contribution in [0.5, 0.6) is 0 Å². The first-order chi connectivity index (χ1) is 16.7. The number of amides is 1. The summed E-state index contributed by atoms with van der Waals surface area (Å²) in [5, 5.41) is 6.45. The van der Waals surface area contributed by atoms with Crippen LogP contribution < -0.4 is 15.6 Å². The van der Waals surface area contributed by atoms with Gasteiger partial charge < -0.3 is 15.1 Å². The Balaban J connectivity index is 1.55. The number of aryl methyl sites for hydroxylation is 1. The maximum Gasteiger partial charge on any atom is 0.251 e. The van der Waals surface area contributed by atoms with Crippen LogP contribution >= 0.6 is 11.6 Å². The highest BCUT2D eigenvalue weighted by molar-refractivity contribution is 6.31. The van der Waals surface area contributed by atoms with Gasteiger partial charge in [-0.05, 0) is 78.2 Å². The lowest BCUT2D eigenvalue weighted by Crippen LogP contribution is -2.42. The Labute approximate surface area is 211 Å². The zero-order chi connectivity index (χ0) is 25.3. The molecule has 0 aliphatic heterocycles. The van der Waals surface area contributed by atoms with Gasteiger partial charge in [-0.15, -0.1) is 0 Å². The van der Waals surface area contributed by atoms with Crippen LogP contribution in [0, 0.1) is 13.8 Å². The Kier molecular flexibility index (Phi) is 7.52. The van der Waals surface area contributed by atoms with Crippen molar-refractivity contribution in [3.63, 3.8) is 0 Å². The molecule has 0 unspecified atom stereocenters. The summed E-state index contributed by atoms with van der Waals surface area (Å²) in [6, 6.07) is 6.20. The van der Waals surface area contributed by atoms with Gasteiger partial charge in [0.05, 0.1) is 0 Å². The monoisotopic (exact) mass is 498 g/mol. The van der Waals surface area contributed by atoms with E-state index in [1.807, 2.05) is 19.9 Å². The van der Waals surface area contributed by atoms with Crippen molar-refractivity contribution in [2.75, 3.05) is 25.5 Å². The van der Waals surface area contributed by atoms with E-state index in [2.05, 4.69) is 46.2 Å². The van der Waals surface area contributed by atoms with Gasteiger partial charge in [-0.1, -0.05) is 11.6 Å². The molecule has 3 aromatic rings. The third kappa shape index (κ3) is 5.09. The summed E-state index contributed by atoms with van der Waals surface area (Å²) in [6.45, 7) is 6.94. The molecule has 1 aromatic carbocycles. The van der Waals surface area contributed by atoms with Gasteiger partial charge in [-0.3, -0.25) is 14.7 Å². The number of pyridine rings is 1. The number of benzene rings is 1. The predicted molar refractivity (Wildman–Crippen MR) is 141 cm³/mol. The van der Waals surface area contributed by atoms with Crippen LogP contribution in [-0.4, -0.2) is 58.1 Å². The Morgan fingerprint density at radius 3 is 2.51 bits per heavy atom. The number of hydrogen-bond donors (Lipinski definition) is 2. The van der Waals surface area contributed by atoms with Crippen molar-refractivity contribution in [1.82, 2.24) is 24.8 Å². The van der Waals surface area contributed by atoms with Crippen molar-refractivity contribution in [3.05, 3.63) is 62.2 Å². The molecule has 4 rings (SSSR count). The fraction of sp³-hybridized carbons (Fsp3) is 0.500. The van der Waals surface area contributed by atoms with Crippen LogP contribution in [0.1, 0.15) is 59.8 Å². The molecule has 1 fully saturated rings. The molecule has 9 heteroatoms. The Morgan fingerprint density at radius 2 is 1.86 bits per heavy atom. The van der Waals surface area contributed by atoms with E-state index < -0.39 is 0 Å². The molecule has 188 valence electrons. The quantitative estimate of drug-likeness (QED) is 0.515. The summed E-state index contributed by atoms with van der Waals surface area (Å²) in [7, 11) is 4.30. The number of fused-ring (bicyclic) bond motifs is 1. The van der Waals surface area contributed by atoms with Crippen LogP contribution in [0.4, 0.5) is 5.69 Å². The molecule has 2 aromatic heterocycles. The molecular weight excluding hydrogens is 464 g/mol. The number of aromatic amines is 1. The molecule has 0 saturated heterocycles. The van der Waals surface area contributed by atoms with Gasteiger partial charge in [-0.2, -0.15) is 0 Å². The second kappa shape index (κ2) is 10.4. The van der Waals surface area contributed by atoms with Gasteiger partial charge in [0.15, 0.2) is 11.1 Å². The summed E-state index contributed by atoms with van der Waals surface area (Å²) in [6.07, 6.45) is 6.09. The molecule has 0 spiro atoms. The molecule has 8 nitrogen and oxygen atoms in total. The number of nitrogens with one attached hydrogen (secondary N) is 2. The minimum absolute atomic E-state index is 0.124. The van der Waals surface area contributed by atoms with Gasteiger partial charge in [0.2, 0.25) is 0 Å². The third-order valence-electron chi connectivity index (χ3n) is 7.45. The van der Waals surface area contributed by atoms with E-state index in [0.29, 0.717) is 33.9 Å². The Bertz CT molecular complexity index is 1270. The SMILES string of the molecule is CCN(c1cc(Cl)cc(C(=O)NCc2c(C)n3[nH]cnc3cc2=O)c1C)C1CCC(N(C)C)CC1. The highest BCUT2D eigenvalue weighted by Crippen LogP contribution is 2.34. The molecule has 2 N–H and O–H groups in total. The lowest BCUT2D eigenvalue weighted by atomic mass is 9.89. The number of H-pyrrole nitrogens is 1. The lowest BCUT2D eigenvalue weighted by molar-refractivity contribution is 0.0950. The lowest BCUT2D eigenvalue weighted by Gasteiger charge is -2.40. The number of carbonyl (C=O) groups is 1. The third-order valence-corrected chi connectivity index (χ3v) is 7.66. The molecule has 0 radical (unpaired) electrons. The first kappa shape index (κ1) is 25.3. The van der Waals surface area contributed by atoms with Crippen LogP contribution in [0.3, 0.4) is 0 Å². The zero-order valence-corrected chi connectivity index (χ0v) is 21.9. The van der Waals surface area contributed by atoms with Gasteiger partial charge >= 0.3 is 0 Å². The van der Waals surface area contributed by atoms with Crippen molar-refractivity contribution in [3.8, 4) is 0 Å². The molecule has 0 bridgehead atoms. The second-order valence-electron chi connectivity index (χ2n) is 9.65. The summed E-state index contributed by atoms with van der Waals surface area (Å²) < 4.78 is 1.73. The molecule has 0 atom stereocenters. The van der Waals surface area contributed by atoms with E-state index in [4.69, 9.17) is 11.6 Å². The minimum atomic E-state index is -0.243. The second-order valence-corrected chi connectivity index (χ2v) is 10.1. The standard InChI is InChI=1S/C26H35ClN6O2/c1-6-32(20-9-7-19(8-10-20)31(4)5)23-12-18(27)11-21(16(23)2)26(35)28-14-22-17(3)33-25(13-24(22)34)29-15-30-33/h11-13,15,19-20H,6-10,14H2,1-5H3,(H,28,35)(H,29,30). The van der Waals surface area contributed by atoms with Crippen molar-refractivity contribution in [2.24, 2.45) is 0 Å². The number of halogens is 1. The molecule has 1 aliphatic carbocycles. The Morgan fingerprint density at radius 1 is 1.17 bits per heavy atom. The van der Waals surface area contributed by atoms with Gasteiger partial charge in [0.1, 0.15) is 6.33 Å². The maximum atomic E-state index is 13.3. The smallest absolute Gasteiger partial charge is 0.251 e. The molecule has 2 heterocycles. The normalized spacial score (nSPS) is 18.3. The van der Waals surface area contributed by atoms with Gasteiger partial charge in [0.25, 0.3) is 5.91 Å². The maximum absolute atomic E-state index is 13.3. The summed E-state index contributed by atoms with van der Waals surface area (Å²) in [4.78, 5) is 34.7. The topological polar surface area (TPSA) is 85.7 Å². The number of carbonyl (C=O) groups excluding carboxylic acids is 1. The average Bonchev–Trinajstić information content (AvgIpc) is 3.30. The van der Waals surface area contributed by atoms with Gasteiger partial charge in [-0.25, -0.2) is 9.50 Å². The van der Waals surface area contributed by atoms with E-state index in [-0.39, 0.29) is 17.9 Å². The van der Waals surface area contributed by atoms with Crippen molar-refractivity contribution >= 4 is 28.8 Å². The van der Waals surface area contributed by atoms with Gasteiger partial charge in [0, 0.05) is 58.8 Å². The zero-order valence-electron chi connectivity index (χ0n) is 21.2. The van der Waals surface area contributed by atoms with Crippen molar-refractivity contribution in [2.45, 2.75) is 65.1 Å². The number of hydrogen-bond acceptors (Lipinski definition) is 5. The number of nitrogens with zero attached hydrogens (tertiary/aromatic N) is 4. The summed E-state index contributed by atoms with van der Waals surface area (Å²) in [5.74, 6) is -0.243. The molecule has 1 saturated carbocycles. The predicted octanol–water partition coefficient (Wildman–Crippen LogP) is 3.92. The van der Waals surface area contributed by atoms with Crippen molar-refractivity contribution in [1.29, 1.82) is 0 Å². The number of rotatable bonds is 7. The largest absolute Gasteiger partial charge is 0.369 e. The molecule has 1 amide bonds. The van der Waals surface area contributed by atoms with Crippen LogP contribution in [-0.2, 0) is 6.54 Å². The Hall–Kier alpha value is -2.84. The highest BCUT2D eigenvalue weighted by Gasteiger charge is 2.28. The van der Waals surface area contributed by atoms with E-state index in [9.17, 15) is 9.59 Å². The van der Waals surface area contributed by atoms with Crippen molar-refractivity contribution < 1.29 is 4.79 Å². The number of anilines is 1. The first-order valence-corrected chi connectivity index (χ1v) is 12.6. The van der Waals surface area contributed by atoms with Crippen LogP contribution in [0.2, 0.25) is 5.02 Å². The minimum Gasteiger partial charge on any atom is -0.369 e. The van der Waals surface area contributed by atoms with Crippen LogP contribution in [0.15, 0.2) is 29.3 Å². The number of aromatic nitrogens is 3. The van der Waals surface area contributed by atoms with E-state index in [1.165, 1.54) is 12.4 Å². The highest BCUT2D eigenvalue weighted by atomic mass is 35.5. The molecule has 35 heavy (non-hydrogen) atoms. The summed E-state index contributed by atoms with van der Waals surface area (Å²) >= 11 is 6.51. The van der Waals surface area contributed by atoms with E-state index in [0.717, 1.165) is 49.2 Å². The van der Waals surface area contributed by atoms with Crippen LogP contribution in [0.25, 0.3) is 5.65 Å². The van der Waals surface area contributed by atoms with E-state index in [1.54, 1.807) is 10.6 Å². The fourth-order valence-electron chi connectivity index (χ4n) is 5.35. The van der Waals surface area contributed by atoms with E-state index >= 15 is 0 Å². The first-order valence-electron chi connectivity index (χ1n) is 12.3.